The lowest BCUT2D eigenvalue weighted by Gasteiger charge is -2.34. The van der Waals surface area contributed by atoms with Gasteiger partial charge in [-0.05, 0) is 239 Å². The zero-order valence-corrected chi connectivity index (χ0v) is 81.6. The largest absolute Gasteiger partial charge is 0.496 e. The summed E-state index contributed by atoms with van der Waals surface area (Å²) in [7, 11) is 25.3. The van der Waals surface area contributed by atoms with Crippen LogP contribution in [-0.4, -0.2) is 235 Å². The highest BCUT2D eigenvalue weighted by Crippen LogP contribution is 2.44. The summed E-state index contributed by atoms with van der Waals surface area (Å²) in [5.74, 6) is 13.2. The summed E-state index contributed by atoms with van der Waals surface area (Å²) in [6.07, 6.45) is 16.8. The van der Waals surface area contributed by atoms with E-state index in [1.807, 2.05) is 94.4 Å². The number of hydrogen-bond donors (Lipinski definition) is 2. The Morgan fingerprint density at radius 1 is 0.318 bits per heavy atom. The number of piperidine rings is 4. The molecule has 25 nitrogen and oxygen atoms in total. The molecule has 0 amide bonds. The molecule has 702 valence electrons. The first-order chi connectivity index (χ1) is 64.2. The van der Waals surface area contributed by atoms with Crippen LogP contribution in [0.15, 0.2) is 170 Å². The molecular weight excluding hydrogens is 1650 g/mol. The second-order valence-corrected chi connectivity index (χ2v) is 36.7. The van der Waals surface area contributed by atoms with Crippen LogP contribution >= 0.6 is 0 Å². The highest BCUT2D eigenvalue weighted by molar-refractivity contribution is 5.97. The van der Waals surface area contributed by atoms with Crippen molar-refractivity contribution in [1.29, 1.82) is 0 Å². The maximum atomic E-state index is 9.33. The molecule has 2 N–H and O–H groups in total. The van der Waals surface area contributed by atoms with Crippen molar-refractivity contribution in [2.75, 3.05) is 243 Å². The highest BCUT2D eigenvalue weighted by atomic mass is 16.5. The van der Waals surface area contributed by atoms with Crippen molar-refractivity contribution in [1.82, 2.24) is 39.9 Å². The molecule has 5 fully saturated rings. The second-order valence-electron chi connectivity index (χ2n) is 36.7. The van der Waals surface area contributed by atoms with Gasteiger partial charge in [0.05, 0.1) is 57.1 Å². The highest BCUT2D eigenvalue weighted by Gasteiger charge is 2.33. The average molecular weight is 1790 g/mol. The molecule has 4 aromatic heterocycles. The normalized spacial score (nSPS) is 15.2. The molecule has 1 saturated carbocycles. The lowest BCUT2D eigenvalue weighted by Crippen LogP contribution is -2.34. The zero-order chi connectivity index (χ0) is 92.9. The molecule has 0 radical (unpaired) electrons. The average Bonchev–Trinajstić information content (AvgIpc) is 0.783. The van der Waals surface area contributed by atoms with Crippen molar-refractivity contribution in [3.63, 3.8) is 0 Å². The van der Waals surface area contributed by atoms with Crippen LogP contribution in [0.25, 0.3) is 43.6 Å². The third kappa shape index (κ3) is 23.0. The Bertz CT molecular complexity index is 5550. The molecule has 25 heteroatoms. The van der Waals surface area contributed by atoms with Crippen LogP contribution in [0, 0.1) is 0 Å². The molecule has 8 heterocycles. The minimum atomic E-state index is 0.119. The van der Waals surface area contributed by atoms with E-state index < -0.39 is 0 Å². The monoisotopic (exact) mass is 1790 g/mol. The van der Waals surface area contributed by atoms with Crippen LogP contribution in [-0.2, 0) is 0 Å². The van der Waals surface area contributed by atoms with Gasteiger partial charge in [-0.15, -0.1) is 0 Å². The molecule has 12 aromatic rings. The number of ether oxygens (including phenoxy) is 4. The van der Waals surface area contributed by atoms with Crippen molar-refractivity contribution in [3.8, 4) is 23.0 Å². The summed E-state index contributed by atoms with van der Waals surface area (Å²) in [5, 5.41) is 17.4. The standard InChI is InChI=1S/C28H37N5O.C28H39N5O.C26H35N5O.C25H33N5O2/c1-4-16-32(2)22-12-13-25-24(19-22)27(31-28(30-25)29-21-8-7-9-21)33-17-14-20(15-18-33)23-10-5-6-11-26(23)34-3;1-6-16-32(17-7-2)22-12-13-25-24(20-22)27(30-28(29-25)31(3)4)33-18-14-21(15-19-33)23-10-8-9-11-26(23)34-5;1-6-15-30(4)20-11-12-23-22(18-20)25(28-26(27-23)29(2)3)31-16-13-19(14-17-31)21-9-7-8-10-24(21)32-5;1-28(2)25-26-22-10-9-19(29(3)15-16-31)17-21(22)24(27-25)30-13-11-18(12-14-30)20-7-5-6-8-23(20)32-4/h5-6,10-13,19-21H,4,7-9,14-18H2,1-3H3,(H,29,30,31);8-13,20-21H,6-7,14-19H2,1-5H3;7-12,18-19H,6,13-17H2,1-5H3;5-10,17-18,31H,11-16H2,1-4H3. The summed E-state index contributed by atoms with van der Waals surface area (Å²) in [5.41, 5.74) is 14.0. The van der Waals surface area contributed by atoms with Gasteiger partial charge in [0, 0.05) is 199 Å². The molecule has 0 spiro atoms. The second kappa shape index (κ2) is 45.8. The SMILES string of the molecule is CCCN(C)c1ccc2nc(N(C)C)nc(N3CCC(c4ccccc4OC)CC3)c2c1.CCCN(C)c1ccc2nc(NC3CCC3)nc(N3CCC(c4ccccc4OC)CC3)c2c1.CCCN(CCC)c1ccc2nc(N(C)C)nc(N3CCC(c4ccccc4OC)CC3)c2c1.COc1ccccc1C1CCN(c2nc(N(C)C)nc3ccc(N(C)CCO)cc23)CC1. The number of para-hydroxylation sites is 4. The Balaban J connectivity index is 0.000000142. The minimum absolute atomic E-state index is 0.119. The van der Waals surface area contributed by atoms with Gasteiger partial charge in [0.2, 0.25) is 23.8 Å². The van der Waals surface area contributed by atoms with E-state index in [9.17, 15) is 5.11 Å². The topological polar surface area (TPSA) is 208 Å². The summed E-state index contributed by atoms with van der Waals surface area (Å²) in [6.45, 7) is 21.5. The number of rotatable bonds is 31. The number of aliphatic hydroxyl groups excluding tert-OH is 1. The van der Waals surface area contributed by atoms with E-state index in [0.29, 0.717) is 36.3 Å². The molecule has 132 heavy (non-hydrogen) atoms. The van der Waals surface area contributed by atoms with Gasteiger partial charge in [0.25, 0.3) is 0 Å². The molecule has 1 aliphatic carbocycles. The van der Waals surface area contributed by atoms with Gasteiger partial charge in [0.1, 0.15) is 46.3 Å². The van der Waals surface area contributed by atoms with Crippen LogP contribution < -0.4 is 78.2 Å². The Morgan fingerprint density at radius 2 is 0.591 bits per heavy atom. The van der Waals surface area contributed by atoms with E-state index >= 15 is 0 Å². The number of methoxy groups -OCH3 is 4. The minimum Gasteiger partial charge on any atom is -0.496 e. The van der Waals surface area contributed by atoms with Gasteiger partial charge in [-0.25, -0.2) is 19.9 Å². The third-order valence-electron chi connectivity index (χ3n) is 27.0. The summed E-state index contributed by atoms with van der Waals surface area (Å²) >= 11 is 0. The van der Waals surface area contributed by atoms with Crippen molar-refractivity contribution in [2.45, 2.75) is 154 Å². The Morgan fingerprint density at radius 3 is 0.864 bits per heavy atom. The van der Waals surface area contributed by atoms with E-state index in [0.717, 1.165) is 275 Å². The first-order valence-electron chi connectivity index (χ1n) is 48.3. The molecule has 4 aliphatic heterocycles. The maximum absolute atomic E-state index is 9.33. The zero-order valence-electron chi connectivity index (χ0n) is 81.6. The van der Waals surface area contributed by atoms with Gasteiger partial charge < -0.3 is 83.3 Å². The first kappa shape index (κ1) is 96.0. The number of aliphatic hydroxyl groups is 1. The van der Waals surface area contributed by atoms with Crippen LogP contribution in [0.2, 0.25) is 0 Å². The Labute approximate surface area is 784 Å². The van der Waals surface area contributed by atoms with E-state index in [1.54, 1.807) is 28.4 Å². The number of fused-ring (bicyclic) bond motifs is 4. The predicted molar refractivity (Wildman–Crippen MR) is 551 cm³/mol. The molecule has 4 saturated heterocycles. The Kier molecular flexibility index (Phi) is 33.3. The van der Waals surface area contributed by atoms with Crippen LogP contribution in [0.1, 0.15) is 170 Å². The smallest absolute Gasteiger partial charge is 0.227 e. The summed E-state index contributed by atoms with van der Waals surface area (Å²) in [4.78, 5) is 64.3. The summed E-state index contributed by atoms with van der Waals surface area (Å²) in [6, 6.07) is 60.4. The number of benzene rings is 8. The number of anilines is 12. The van der Waals surface area contributed by atoms with Crippen LogP contribution in [0.4, 0.5) is 69.8 Å². The lowest BCUT2D eigenvalue weighted by molar-refractivity contribution is 0.304. The van der Waals surface area contributed by atoms with Crippen molar-refractivity contribution in [3.05, 3.63) is 192 Å². The van der Waals surface area contributed by atoms with Crippen molar-refractivity contribution in [2.24, 2.45) is 0 Å². The van der Waals surface area contributed by atoms with Gasteiger partial charge in [0.15, 0.2) is 0 Å². The third-order valence-corrected chi connectivity index (χ3v) is 27.0. The number of aromatic nitrogens is 8. The summed E-state index contributed by atoms with van der Waals surface area (Å²) < 4.78 is 22.5. The molecule has 5 aliphatic rings. The number of hydrogen-bond acceptors (Lipinski definition) is 25. The van der Waals surface area contributed by atoms with Crippen molar-refractivity contribution >= 4 is 113 Å². The van der Waals surface area contributed by atoms with Gasteiger partial charge in [-0.3, -0.25) is 0 Å². The molecule has 0 bridgehead atoms. The molecule has 0 unspecified atom stereocenters. The van der Waals surface area contributed by atoms with E-state index in [-0.39, 0.29) is 6.61 Å². The van der Waals surface area contributed by atoms with E-state index in [4.69, 9.17) is 58.8 Å². The van der Waals surface area contributed by atoms with Gasteiger partial charge >= 0.3 is 0 Å². The lowest BCUT2D eigenvalue weighted by atomic mass is 9.88. The van der Waals surface area contributed by atoms with E-state index in [1.165, 1.54) is 58.6 Å². The van der Waals surface area contributed by atoms with Crippen LogP contribution in [0.5, 0.6) is 23.0 Å². The Hall–Kier alpha value is -12.1. The quantitative estimate of drug-likeness (QED) is 0.0414. The van der Waals surface area contributed by atoms with Gasteiger partial charge in [-0.2, -0.15) is 19.9 Å². The molecule has 8 aromatic carbocycles. The van der Waals surface area contributed by atoms with Gasteiger partial charge in [-0.1, -0.05) is 100 Å². The molecule has 17 rings (SSSR count). The fourth-order valence-corrected chi connectivity index (χ4v) is 19.4. The maximum Gasteiger partial charge on any atom is 0.227 e. The number of nitrogens with zero attached hydrogens (tertiary/aromatic N) is 19. The predicted octanol–water partition coefficient (Wildman–Crippen LogP) is 20.0. The first-order valence-corrected chi connectivity index (χ1v) is 48.3. The molecule has 0 atom stereocenters. The number of likely N-dealkylation sites (N-methyl/N-ethyl adjacent to an activating group) is 1. The van der Waals surface area contributed by atoms with Crippen molar-refractivity contribution < 1.29 is 24.1 Å². The van der Waals surface area contributed by atoms with Crippen LogP contribution in [0.3, 0.4) is 0 Å². The number of nitrogens with one attached hydrogen (secondary N) is 1. The van der Waals surface area contributed by atoms with E-state index in [2.05, 4.69) is 226 Å². The fourth-order valence-electron chi connectivity index (χ4n) is 19.4. The fraction of sp³-hybridized carbons (Fsp3) is 0.477. The molecular formula is C107H144N20O5.